The van der Waals surface area contributed by atoms with E-state index in [1.807, 2.05) is 18.2 Å². The Labute approximate surface area is 189 Å². The van der Waals surface area contributed by atoms with Gasteiger partial charge in [-0.2, -0.15) is 9.50 Å². The fourth-order valence-corrected chi connectivity index (χ4v) is 4.61. The third-order valence-corrected chi connectivity index (χ3v) is 6.16. The number of nitrogens with two attached hydrogens (primary N) is 1. The average Bonchev–Trinajstić information content (AvgIpc) is 3.53. The Bertz CT molecular complexity index is 1350. The molecular weight excluding hydrogens is 425 g/mol. The largest absolute Gasteiger partial charge is 0.454 e. The molecular formula is C23H24FN7O2. The number of hydrogen-bond donors (Lipinski definition) is 2. The van der Waals surface area contributed by atoms with E-state index in [1.165, 1.54) is 25.0 Å². The van der Waals surface area contributed by atoms with Crippen molar-refractivity contribution in [3.8, 4) is 11.5 Å². The first-order valence-corrected chi connectivity index (χ1v) is 11.1. The Balaban J connectivity index is 1.38. The van der Waals surface area contributed by atoms with Crippen molar-refractivity contribution in [1.82, 2.24) is 24.5 Å². The van der Waals surface area contributed by atoms with Crippen LogP contribution in [0.25, 0.3) is 16.6 Å². The number of likely N-dealkylation sites (tertiary alicyclic amines) is 1. The van der Waals surface area contributed by atoms with Crippen molar-refractivity contribution in [2.75, 3.05) is 44.0 Å². The molecule has 0 unspecified atom stereocenters. The molecule has 1 saturated heterocycles. The zero-order chi connectivity index (χ0) is 22.4. The molecule has 2 aromatic carbocycles. The van der Waals surface area contributed by atoms with Crippen LogP contribution >= 0.6 is 0 Å². The minimum Gasteiger partial charge on any atom is -0.454 e. The third-order valence-electron chi connectivity index (χ3n) is 6.16. The Kier molecular flexibility index (Phi) is 4.87. The van der Waals surface area contributed by atoms with Gasteiger partial charge in [0.1, 0.15) is 11.6 Å². The third kappa shape index (κ3) is 3.76. The van der Waals surface area contributed by atoms with Gasteiger partial charge in [0, 0.05) is 25.6 Å². The van der Waals surface area contributed by atoms with Crippen LogP contribution in [0, 0.1) is 5.82 Å². The SMILES string of the molecule is Nc1nc2c3c(NCCN4CCCC4)cc(F)cc3nc(Cc3ccc4c(c3)OCO4)n2n1. The van der Waals surface area contributed by atoms with Crippen LogP contribution in [0.2, 0.25) is 0 Å². The lowest BCUT2D eigenvalue weighted by Crippen LogP contribution is -2.26. The number of nitrogens with zero attached hydrogens (tertiary/aromatic N) is 5. The first-order valence-electron chi connectivity index (χ1n) is 11.1. The second-order valence-corrected chi connectivity index (χ2v) is 8.42. The van der Waals surface area contributed by atoms with Crippen molar-refractivity contribution in [3.05, 3.63) is 47.5 Å². The zero-order valence-electron chi connectivity index (χ0n) is 18.1. The summed E-state index contributed by atoms with van der Waals surface area (Å²) in [6.07, 6.45) is 2.91. The summed E-state index contributed by atoms with van der Waals surface area (Å²) in [6.45, 7) is 4.04. The molecule has 0 bridgehead atoms. The molecule has 4 aromatic rings. The number of benzene rings is 2. The smallest absolute Gasteiger partial charge is 0.240 e. The number of hydrogen-bond acceptors (Lipinski definition) is 8. The number of nitrogen functional groups attached to an aromatic ring is 1. The molecule has 0 spiro atoms. The number of anilines is 2. The molecule has 2 aliphatic heterocycles. The molecule has 0 aliphatic carbocycles. The van der Waals surface area contributed by atoms with Crippen LogP contribution in [-0.4, -0.2) is 57.5 Å². The first-order chi connectivity index (χ1) is 16.1. The van der Waals surface area contributed by atoms with Crippen molar-refractivity contribution < 1.29 is 13.9 Å². The highest BCUT2D eigenvalue weighted by molar-refractivity contribution is 6.01. The molecule has 2 aromatic heterocycles. The number of halogens is 1. The van der Waals surface area contributed by atoms with Gasteiger partial charge in [0.15, 0.2) is 17.1 Å². The predicted molar refractivity (Wildman–Crippen MR) is 122 cm³/mol. The van der Waals surface area contributed by atoms with Gasteiger partial charge in [0.25, 0.3) is 0 Å². The van der Waals surface area contributed by atoms with Gasteiger partial charge in [0.05, 0.1) is 16.6 Å². The van der Waals surface area contributed by atoms with Crippen molar-refractivity contribution in [2.45, 2.75) is 19.3 Å². The van der Waals surface area contributed by atoms with Crippen LogP contribution in [0.4, 0.5) is 16.0 Å². The first kappa shape index (κ1) is 20.0. The summed E-state index contributed by atoms with van der Waals surface area (Å²) in [7, 11) is 0. The summed E-state index contributed by atoms with van der Waals surface area (Å²) in [5.74, 6) is 1.80. The monoisotopic (exact) mass is 449 g/mol. The van der Waals surface area contributed by atoms with Gasteiger partial charge in [-0.1, -0.05) is 6.07 Å². The maximum Gasteiger partial charge on any atom is 0.240 e. The van der Waals surface area contributed by atoms with Crippen molar-refractivity contribution >= 4 is 28.2 Å². The van der Waals surface area contributed by atoms with Gasteiger partial charge < -0.3 is 25.4 Å². The Morgan fingerprint density at radius 3 is 2.79 bits per heavy atom. The maximum atomic E-state index is 14.6. The number of aromatic nitrogens is 4. The minimum atomic E-state index is -0.357. The molecule has 2 aliphatic rings. The van der Waals surface area contributed by atoms with Crippen LogP contribution in [0.1, 0.15) is 24.2 Å². The summed E-state index contributed by atoms with van der Waals surface area (Å²) < 4.78 is 27.1. The van der Waals surface area contributed by atoms with E-state index in [1.54, 1.807) is 4.52 Å². The van der Waals surface area contributed by atoms with Crippen molar-refractivity contribution in [3.63, 3.8) is 0 Å². The van der Waals surface area contributed by atoms with Crippen molar-refractivity contribution in [1.29, 1.82) is 0 Å². The lowest BCUT2D eigenvalue weighted by molar-refractivity contribution is 0.174. The highest BCUT2D eigenvalue weighted by atomic mass is 19.1. The predicted octanol–water partition coefficient (Wildman–Crippen LogP) is 2.83. The van der Waals surface area contributed by atoms with Crippen molar-refractivity contribution in [2.24, 2.45) is 0 Å². The van der Waals surface area contributed by atoms with E-state index in [-0.39, 0.29) is 18.6 Å². The Hall–Kier alpha value is -3.66. The molecule has 0 atom stereocenters. The van der Waals surface area contributed by atoms with Crippen LogP contribution in [-0.2, 0) is 6.42 Å². The fraction of sp³-hybridized carbons (Fsp3) is 0.348. The Morgan fingerprint density at radius 1 is 1.06 bits per heavy atom. The molecule has 3 N–H and O–H groups in total. The minimum absolute atomic E-state index is 0.142. The number of ether oxygens (including phenoxy) is 2. The van der Waals surface area contributed by atoms with Crippen LogP contribution in [0.3, 0.4) is 0 Å². The highest BCUT2D eigenvalue weighted by Gasteiger charge is 2.19. The summed E-state index contributed by atoms with van der Waals surface area (Å²) in [4.78, 5) is 11.6. The molecule has 4 heterocycles. The quantitative estimate of drug-likeness (QED) is 0.463. The topological polar surface area (TPSA) is 103 Å². The second-order valence-electron chi connectivity index (χ2n) is 8.42. The summed E-state index contributed by atoms with van der Waals surface area (Å²) in [6, 6.07) is 8.64. The molecule has 1 fully saturated rings. The maximum absolute atomic E-state index is 14.6. The normalized spacial score (nSPS) is 15.7. The van der Waals surface area contributed by atoms with Gasteiger partial charge in [-0.3, -0.25) is 0 Å². The number of fused-ring (bicyclic) bond motifs is 4. The molecule has 170 valence electrons. The van der Waals surface area contributed by atoms with E-state index < -0.39 is 0 Å². The summed E-state index contributed by atoms with van der Waals surface area (Å²) >= 11 is 0. The van der Waals surface area contributed by atoms with E-state index in [0.29, 0.717) is 52.5 Å². The Morgan fingerprint density at radius 2 is 1.91 bits per heavy atom. The van der Waals surface area contributed by atoms with Gasteiger partial charge in [-0.15, -0.1) is 5.10 Å². The molecule has 0 amide bonds. The van der Waals surface area contributed by atoms with Crippen LogP contribution < -0.4 is 20.5 Å². The summed E-state index contributed by atoms with van der Waals surface area (Å²) in [5, 5.41) is 8.46. The number of rotatable bonds is 6. The fourth-order valence-electron chi connectivity index (χ4n) is 4.61. The average molecular weight is 449 g/mol. The lowest BCUT2D eigenvalue weighted by Gasteiger charge is -2.17. The highest BCUT2D eigenvalue weighted by Crippen LogP contribution is 2.34. The van der Waals surface area contributed by atoms with Gasteiger partial charge in [0.2, 0.25) is 12.7 Å². The zero-order valence-corrected chi connectivity index (χ0v) is 18.1. The molecule has 9 nitrogen and oxygen atoms in total. The van der Waals surface area contributed by atoms with Crippen LogP contribution in [0.5, 0.6) is 11.5 Å². The molecule has 0 saturated carbocycles. The van der Waals surface area contributed by atoms with E-state index >= 15 is 0 Å². The molecule has 0 radical (unpaired) electrons. The standard InChI is InChI=1S/C23H24FN7O2/c24-15-11-16(26-5-8-30-6-1-2-7-30)21-17(12-15)27-20(31-22(21)28-23(25)29-31)10-14-3-4-18-19(9-14)33-13-32-18/h3-4,9,11-12,26H,1-2,5-8,10,13H2,(H2,25,29). The van der Waals surface area contributed by atoms with Crippen LogP contribution in [0.15, 0.2) is 30.3 Å². The van der Waals surface area contributed by atoms with Gasteiger partial charge >= 0.3 is 0 Å². The van der Waals surface area contributed by atoms with E-state index in [4.69, 9.17) is 20.2 Å². The second kappa shape index (κ2) is 8.04. The molecule has 33 heavy (non-hydrogen) atoms. The molecule has 10 heteroatoms. The van der Waals surface area contributed by atoms with Gasteiger partial charge in [-0.25, -0.2) is 9.37 Å². The van der Waals surface area contributed by atoms with E-state index in [2.05, 4.69) is 20.3 Å². The lowest BCUT2D eigenvalue weighted by atomic mass is 10.1. The molecule has 6 rings (SSSR count). The van der Waals surface area contributed by atoms with E-state index in [0.717, 1.165) is 25.2 Å². The number of nitrogens with one attached hydrogen (secondary N) is 1. The van der Waals surface area contributed by atoms with E-state index in [9.17, 15) is 4.39 Å². The van der Waals surface area contributed by atoms with Gasteiger partial charge in [-0.05, 0) is 49.7 Å². The summed E-state index contributed by atoms with van der Waals surface area (Å²) in [5.41, 5.74) is 8.64.